The van der Waals surface area contributed by atoms with E-state index in [1.165, 1.54) is 17.2 Å². The minimum absolute atomic E-state index is 0.761. The normalized spacial score (nSPS) is 12.1. The van der Waals surface area contributed by atoms with Crippen molar-refractivity contribution in [2.24, 2.45) is 0 Å². The van der Waals surface area contributed by atoms with Crippen molar-refractivity contribution in [3.8, 4) is 0 Å². The Hall–Kier alpha value is -1.09. The predicted molar refractivity (Wildman–Crippen MR) is 58.7 cm³/mol. The number of hydrogen-bond acceptors (Lipinski definition) is 2. The summed E-state index contributed by atoms with van der Waals surface area (Å²) in [4.78, 5) is 0. The molecule has 0 N–H and O–H groups in total. The van der Waals surface area contributed by atoms with Gasteiger partial charge in [0.05, 0.1) is 0 Å². The van der Waals surface area contributed by atoms with Crippen molar-refractivity contribution in [3.63, 3.8) is 0 Å². The molecule has 0 aliphatic carbocycles. The Kier molecular flexibility index (Phi) is 3.89. The van der Waals surface area contributed by atoms with Crippen LogP contribution in [0.4, 0.5) is 0 Å². The third kappa shape index (κ3) is 4.82. The SMILES string of the molecule is CS(=O)(=O)/C=C\CCc1ccccc1. The molecule has 0 saturated heterocycles. The summed E-state index contributed by atoms with van der Waals surface area (Å²) in [5.41, 5.74) is 1.23. The standard InChI is InChI=1S/C11H14O2S/c1-14(12,13)10-6-5-9-11-7-3-2-4-8-11/h2-4,6-8,10H,5,9H2,1H3/b10-6-. The predicted octanol–water partition coefficient (Wildman–Crippen LogP) is 2.18. The van der Waals surface area contributed by atoms with Crippen LogP contribution in [0.25, 0.3) is 0 Å². The van der Waals surface area contributed by atoms with Gasteiger partial charge in [0.15, 0.2) is 9.84 Å². The molecule has 1 rings (SSSR count). The molecule has 2 nitrogen and oxygen atoms in total. The molecule has 0 radical (unpaired) electrons. The van der Waals surface area contributed by atoms with E-state index in [2.05, 4.69) is 0 Å². The molecule has 1 aromatic rings. The van der Waals surface area contributed by atoms with Crippen LogP contribution in [0.15, 0.2) is 41.8 Å². The lowest BCUT2D eigenvalue weighted by Crippen LogP contribution is -1.88. The molecule has 0 unspecified atom stereocenters. The molecule has 0 amide bonds. The van der Waals surface area contributed by atoms with E-state index in [-0.39, 0.29) is 0 Å². The third-order valence-electron chi connectivity index (χ3n) is 1.79. The molecule has 0 aliphatic rings. The molecular formula is C11H14O2S. The molecule has 0 saturated carbocycles. The van der Waals surface area contributed by atoms with Gasteiger partial charge in [0.25, 0.3) is 0 Å². The van der Waals surface area contributed by atoms with E-state index in [1.807, 2.05) is 30.3 Å². The van der Waals surface area contributed by atoms with Crippen LogP contribution < -0.4 is 0 Å². The average Bonchev–Trinajstić information content (AvgIpc) is 2.13. The number of aryl methyl sites for hydroxylation is 1. The van der Waals surface area contributed by atoms with Crippen LogP contribution in [-0.2, 0) is 16.3 Å². The second kappa shape index (κ2) is 4.96. The molecule has 1 aromatic carbocycles. The van der Waals surface area contributed by atoms with E-state index in [0.29, 0.717) is 0 Å². The summed E-state index contributed by atoms with van der Waals surface area (Å²) < 4.78 is 21.5. The molecule has 0 heterocycles. The van der Waals surface area contributed by atoms with Gasteiger partial charge in [0.1, 0.15) is 0 Å². The fraction of sp³-hybridized carbons (Fsp3) is 0.273. The first-order valence-corrected chi connectivity index (χ1v) is 6.44. The highest BCUT2D eigenvalue weighted by atomic mass is 32.2. The van der Waals surface area contributed by atoms with Gasteiger partial charge >= 0.3 is 0 Å². The zero-order chi connectivity index (χ0) is 10.4. The van der Waals surface area contributed by atoms with Gasteiger partial charge in [-0.1, -0.05) is 36.4 Å². The largest absolute Gasteiger partial charge is 0.225 e. The highest BCUT2D eigenvalue weighted by molar-refractivity contribution is 7.93. The highest BCUT2D eigenvalue weighted by Crippen LogP contribution is 2.03. The molecule has 3 heteroatoms. The monoisotopic (exact) mass is 210 g/mol. The Morgan fingerprint density at radius 2 is 1.86 bits per heavy atom. The summed E-state index contributed by atoms with van der Waals surface area (Å²) in [7, 11) is -2.96. The average molecular weight is 210 g/mol. The van der Waals surface area contributed by atoms with Crippen molar-refractivity contribution in [2.75, 3.05) is 6.26 Å². The molecule has 0 aromatic heterocycles. The van der Waals surface area contributed by atoms with Crippen molar-refractivity contribution in [3.05, 3.63) is 47.4 Å². The first-order valence-electron chi connectivity index (χ1n) is 4.48. The first kappa shape index (κ1) is 11.0. The Balaban J connectivity index is 2.40. The van der Waals surface area contributed by atoms with Gasteiger partial charge in [-0.15, -0.1) is 0 Å². The first-order chi connectivity index (χ1) is 6.58. The molecule has 0 fully saturated rings. The van der Waals surface area contributed by atoms with Gasteiger partial charge in [-0.3, -0.25) is 0 Å². The fourth-order valence-electron chi connectivity index (χ4n) is 1.14. The lowest BCUT2D eigenvalue weighted by atomic mass is 10.1. The number of rotatable bonds is 4. The van der Waals surface area contributed by atoms with Crippen LogP contribution in [-0.4, -0.2) is 14.7 Å². The van der Waals surface area contributed by atoms with Gasteiger partial charge in [-0.25, -0.2) is 8.42 Å². The van der Waals surface area contributed by atoms with Gasteiger partial charge in [0.2, 0.25) is 0 Å². The zero-order valence-corrected chi connectivity index (χ0v) is 9.00. The number of sulfone groups is 1. The fourth-order valence-corrected chi connectivity index (χ4v) is 1.62. The molecule has 0 aliphatic heterocycles. The molecule has 76 valence electrons. The molecule has 0 spiro atoms. The van der Waals surface area contributed by atoms with Crippen molar-refractivity contribution in [1.29, 1.82) is 0 Å². The number of benzene rings is 1. The van der Waals surface area contributed by atoms with Gasteiger partial charge in [-0.05, 0) is 18.4 Å². The number of hydrogen-bond donors (Lipinski definition) is 0. The topological polar surface area (TPSA) is 34.1 Å². The van der Waals surface area contributed by atoms with Crippen LogP contribution in [0.2, 0.25) is 0 Å². The summed E-state index contributed by atoms with van der Waals surface area (Å²) in [5.74, 6) is 0. The van der Waals surface area contributed by atoms with E-state index in [1.54, 1.807) is 6.08 Å². The number of allylic oxidation sites excluding steroid dienone is 1. The highest BCUT2D eigenvalue weighted by Gasteiger charge is 1.92. The maximum absolute atomic E-state index is 10.8. The third-order valence-corrected chi connectivity index (χ3v) is 2.47. The van der Waals surface area contributed by atoms with Crippen LogP contribution in [0.1, 0.15) is 12.0 Å². The quantitative estimate of drug-likeness (QED) is 0.763. The maximum Gasteiger partial charge on any atom is 0.168 e. The lowest BCUT2D eigenvalue weighted by molar-refractivity contribution is 0.610. The van der Waals surface area contributed by atoms with Crippen molar-refractivity contribution >= 4 is 9.84 Å². The van der Waals surface area contributed by atoms with Crippen LogP contribution >= 0.6 is 0 Å². The Morgan fingerprint density at radius 3 is 2.43 bits per heavy atom. The van der Waals surface area contributed by atoms with Crippen molar-refractivity contribution in [2.45, 2.75) is 12.8 Å². The van der Waals surface area contributed by atoms with Crippen LogP contribution in [0.5, 0.6) is 0 Å². The smallest absolute Gasteiger partial charge is 0.168 e. The molecule has 0 atom stereocenters. The van der Waals surface area contributed by atoms with Gasteiger partial charge in [0, 0.05) is 11.7 Å². The minimum Gasteiger partial charge on any atom is -0.225 e. The molecule has 14 heavy (non-hydrogen) atoms. The summed E-state index contributed by atoms with van der Waals surface area (Å²) in [6, 6.07) is 10.0. The van der Waals surface area contributed by atoms with E-state index in [0.717, 1.165) is 12.8 Å². The Labute approximate surface area is 85.2 Å². The molecule has 0 bridgehead atoms. The summed E-state index contributed by atoms with van der Waals surface area (Å²) in [6.07, 6.45) is 4.54. The van der Waals surface area contributed by atoms with Gasteiger partial charge in [-0.2, -0.15) is 0 Å². The Bertz CT molecular complexity index is 391. The summed E-state index contributed by atoms with van der Waals surface area (Å²) in [5, 5.41) is 1.26. The van der Waals surface area contributed by atoms with Crippen LogP contribution in [0, 0.1) is 0 Å². The van der Waals surface area contributed by atoms with E-state index in [9.17, 15) is 8.42 Å². The second-order valence-corrected chi connectivity index (χ2v) is 5.16. The second-order valence-electron chi connectivity index (χ2n) is 3.23. The van der Waals surface area contributed by atoms with Crippen molar-refractivity contribution < 1.29 is 8.42 Å². The van der Waals surface area contributed by atoms with Gasteiger partial charge < -0.3 is 0 Å². The zero-order valence-electron chi connectivity index (χ0n) is 8.18. The summed E-state index contributed by atoms with van der Waals surface area (Å²) >= 11 is 0. The summed E-state index contributed by atoms with van der Waals surface area (Å²) in [6.45, 7) is 0. The van der Waals surface area contributed by atoms with Crippen LogP contribution in [0.3, 0.4) is 0 Å². The lowest BCUT2D eigenvalue weighted by Gasteiger charge is -1.95. The molecular weight excluding hydrogens is 196 g/mol. The Morgan fingerprint density at radius 1 is 1.21 bits per heavy atom. The minimum atomic E-state index is -2.96. The van der Waals surface area contributed by atoms with Crippen molar-refractivity contribution in [1.82, 2.24) is 0 Å². The maximum atomic E-state index is 10.8. The van der Waals surface area contributed by atoms with E-state index < -0.39 is 9.84 Å². The van der Waals surface area contributed by atoms with E-state index >= 15 is 0 Å². The van der Waals surface area contributed by atoms with E-state index in [4.69, 9.17) is 0 Å².